The normalized spacial score (nSPS) is 10.9. The minimum atomic E-state index is -0.526. The smallest absolute Gasteiger partial charge is 0.273 e. The molecule has 0 radical (unpaired) electrons. The fraction of sp³-hybridized carbons (Fsp3) is 0.0526. The summed E-state index contributed by atoms with van der Waals surface area (Å²) in [7, 11) is 0. The standard InChI is InChI=1S/C19H15FN4O3/c20-15-7-9-16(10-8-15)23-11-3-5-17(23)13-21-22-19(25)12-14-4-1-2-6-18(14)24(26)27/h1-11,13H,12H2,(H,22,25). The van der Waals surface area contributed by atoms with Gasteiger partial charge in [-0.15, -0.1) is 0 Å². The molecule has 8 heteroatoms. The summed E-state index contributed by atoms with van der Waals surface area (Å²) in [6, 6.07) is 15.6. The molecule has 3 rings (SSSR count). The number of hydrogen-bond donors (Lipinski definition) is 1. The second-order valence-corrected chi connectivity index (χ2v) is 5.64. The molecule has 0 aliphatic rings. The fourth-order valence-electron chi connectivity index (χ4n) is 2.56. The molecular formula is C19H15FN4O3. The number of nitro groups is 1. The molecule has 0 aliphatic heterocycles. The zero-order valence-electron chi connectivity index (χ0n) is 14.1. The molecule has 136 valence electrons. The van der Waals surface area contributed by atoms with Crippen LogP contribution >= 0.6 is 0 Å². The average Bonchev–Trinajstić information content (AvgIpc) is 3.11. The zero-order chi connectivity index (χ0) is 19.2. The lowest BCUT2D eigenvalue weighted by Gasteiger charge is -2.06. The van der Waals surface area contributed by atoms with Crippen molar-refractivity contribution in [1.29, 1.82) is 0 Å². The number of hydrogen-bond acceptors (Lipinski definition) is 4. The molecule has 0 unspecified atom stereocenters. The third-order valence-electron chi connectivity index (χ3n) is 3.81. The van der Waals surface area contributed by atoms with Gasteiger partial charge in [-0.25, -0.2) is 9.82 Å². The molecule has 7 nitrogen and oxygen atoms in total. The topological polar surface area (TPSA) is 89.5 Å². The Morgan fingerprint density at radius 1 is 1.15 bits per heavy atom. The van der Waals surface area contributed by atoms with E-state index < -0.39 is 10.8 Å². The molecule has 2 aromatic carbocycles. The Labute approximate surface area is 153 Å². The maximum Gasteiger partial charge on any atom is 0.273 e. The van der Waals surface area contributed by atoms with Gasteiger partial charge in [-0.05, 0) is 36.4 Å². The van der Waals surface area contributed by atoms with Crippen LogP contribution in [0.4, 0.5) is 10.1 Å². The van der Waals surface area contributed by atoms with Crippen molar-refractivity contribution in [1.82, 2.24) is 9.99 Å². The van der Waals surface area contributed by atoms with Gasteiger partial charge in [0.1, 0.15) is 5.82 Å². The van der Waals surface area contributed by atoms with Gasteiger partial charge in [-0.1, -0.05) is 18.2 Å². The van der Waals surface area contributed by atoms with Gasteiger partial charge in [0.05, 0.1) is 23.3 Å². The molecule has 0 atom stereocenters. The maximum atomic E-state index is 13.1. The second-order valence-electron chi connectivity index (χ2n) is 5.64. The minimum absolute atomic E-state index is 0.109. The van der Waals surface area contributed by atoms with E-state index in [9.17, 15) is 19.3 Å². The lowest BCUT2D eigenvalue weighted by molar-refractivity contribution is -0.385. The van der Waals surface area contributed by atoms with E-state index in [0.717, 1.165) is 5.69 Å². The summed E-state index contributed by atoms with van der Waals surface area (Å²) in [5, 5.41) is 14.9. The van der Waals surface area contributed by atoms with Crippen LogP contribution < -0.4 is 5.43 Å². The summed E-state index contributed by atoms with van der Waals surface area (Å²) in [5.41, 5.74) is 3.98. The number of carbonyl (C=O) groups excluding carboxylic acids is 1. The molecule has 1 N–H and O–H groups in total. The number of halogens is 1. The van der Waals surface area contributed by atoms with Crippen molar-refractivity contribution in [2.75, 3.05) is 0 Å². The third kappa shape index (κ3) is 4.43. The Morgan fingerprint density at radius 2 is 1.89 bits per heavy atom. The highest BCUT2D eigenvalue weighted by atomic mass is 19.1. The van der Waals surface area contributed by atoms with E-state index in [4.69, 9.17) is 0 Å². The molecule has 0 spiro atoms. The maximum absolute atomic E-state index is 13.1. The Kier molecular flexibility index (Phi) is 5.36. The van der Waals surface area contributed by atoms with Crippen LogP contribution in [-0.4, -0.2) is 21.6 Å². The SMILES string of the molecule is O=C(Cc1ccccc1[N+](=O)[O-])NN=Cc1cccn1-c1ccc(F)cc1. The first kappa shape index (κ1) is 18.0. The highest BCUT2D eigenvalue weighted by molar-refractivity contribution is 5.83. The Morgan fingerprint density at radius 3 is 2.63 bits per heavy atom. The van der Waals surface area contributed by atoms with E-state index in [1.807, 2.05) is 0 Å². The average molecular weight is 366 g/mol. The quantitative estimate of drug-likeness (QED) is 0.413. The molecule has 3 aromatic rings. The van der Waals surface area contributed by atoms with Gasteiger partial charge in [-0.2, -0.15) is 5.10 Å². The van der Waals surface area contributed by atoms with Crippen LogP contribution in [0, 0.1) is 15.9 Å². The number of nitrogens with zero attached hydrogens (tertiary/aromatic N) is 3. The van der Waals surface area contributed by atoms with E-state index >= 15 is 0 Å². The molecule has 0 fully saturated rings. The summed E-state index contributed by atoms with van der Waals surface area (Å²) in [6.07, 6.45) is 3.07. The van der Waals surface area contributed by atoms with Crippen LogP contribution in [0.5, 0.6) is 0 Å². The van der Waals surface area contributed by atoms with Gasteiger partial charge in [0, 0.05) is 23.5 Å². The summed E-state index contributed by atoms with van der Waals surface area (Å²) >= 11 is 0. The molecule has 1 amide bonds. The summed E-state index contributed by atoms with van der Waals surface area (Å²) in [6.45, 7) is 0. The molecule has 1 aromatic heterocycles. The number of nitro benzene ring substituents is 1. The molecule has 0 aliphatic carbocycles. The number of benzene rings is 2. The van der Waals surface area contributed by atoms with E-state index in [1.165, 1.54) is 30.5 Å². The minimum Gasteiger partial charge on any atom is -0.316 e. The molecule has 0 saturated carbocycles. The summed E-state index contributed by atoms with van der Waals surface area (Å²) in [5.74, 6) is -0.802. The Balaban J connectivity index is 1.67. The molecule has 1 heterocycles. The van der Waals surface area contributed by atoms with E-state index in [0.29, 0.717) is 11.3 Å². The van der Waals surface area contributed by atoms with Crippen LogP contribution in [0.2, 0.25) is 0 Å². The fourth-order valence-corrected chi connectivity index (χ4v) is 2.56. The number of aromatic nitrogens is 1. The number of para-hydroxylation sites is 1. The van der Waals surface area contributed by atoms with Gasteiger partial charge in [0.2, 0.25) is 5.91 Å². The van der Waals surface area contributed by atoms with Crippen molar-refractivity contribution in [3.63, 3.8) is 0 Å². The van der Waals surface area contributed by atoms with Crippen LogP contribution in [0.15, 0.2) is 72.0 Å². The van der Waals surface area contributed by atoms with E-state index in [2.05, 4.69) is 10.5 Å². The molecule has 0 bridgehead atoms. The third-order valence-corrected chi connectivity index (χ3v) is 3.81. The lowest BCUT2D eigenvalue weighted by atomic mass is 10.1. The summed E-state index contributed by atoms with van der Waals surface area (Å²) in [4.78, 5) is 22.5. The predicted octanol–water partition coefficient (Wildman–Crippen LogP) is 3.22. The predicted molar refractivity (Wildman–Crippen MR) is 98.3 cm³/mol. The van der Waals surface area contributed by atoms with Crippen molar-refractivity contribution in [2.24, 2.45) is 5.10 Å². The zero-order valence-corrected chi connectivity index (χ0v) is 14.1. The van der Waals surface area contributed by atoms with Crippen molar-refractivity contribution >= 4 is 17.8 Å². The van der Waals surface area contributed by atoms with Gasteiger partial charge in [0.15, 0.2) is 0 Å². The number of hydrazone groups is 1. The first-order valence-electron chi connectivity index (χ1n) is 8.02. The highest BCUT2D eigenvalue weighted by Crippen LogP contribution is 2.18. The Hall–Kier alpha value is -3.81. The largest absolute Gasteiger partial charge is 0.316 e. The van der Waals surface area contributed by atoms with Crippen molar-refractivity contribution < 1.29 is 14.1 Å². The number of amides is 1. The van der Waals surface area contributed by atoms with Crippen LogP contribution in [0.1, 0.15) is 11.3 Å². The van der Waals surface area contributed by atoms with Crippen LogP contribution in [0.25, 0.3) is 5.69 Å². The number of carbonyl (C=O) groups is 1. The molecule has 0 saturated heterocycles. The Bertz CT molecular complexity index is 996. The van der Waals surface area contributed by atoms with E-state index in [-0.39, 0.29) is 17.9 Å². The first-order valence-corrected chi connectivity index (χ1v) is 8.02. The van der Waals surface area contributed by atoms with Gasteiger partial charge < -0.3 is 4.57 Å². The van der Waals surface area contributed by atoms with Crippen LogP contribution in [0.3, 0.4) is 0 Å². The summed E-state index contributed by atoms with van der Waals surface area (Å²) < 4.78 is 14.8. The molecular weight excluding hydrogens is 351 g/mol. The lowest BCUT2D eigenvalue weighted by Crippen LogP contribution is -2.20. The van der Waals surface area contributed by atoms with Crippen molar-refractivity contribution in [3.8, 4) is 5.69 Å². The van der Waals surface area contributed by atoms with Gasteiger partial charge in [0.25, 0.3) is 5.69 Å². The number of rotatable bonds is 6. The van der Waals surface area contributed by atoms with Gasteiger partial charge >= 0.3 is 0 Å². The van der Waals surface area contributed by atoms with Gasteiger partial charge in [-0.3, -0.25) is 14.9 Å². The van der Waals surface area contributed by atoms with Crippen molar-refractivity contribution in [3.05, 3.63) is 94.0 Å². The number of nitrogens with one attached hydrogen (secondary N) is 1. The monoisotopic (exact) mass is 366 g/mol. The second kappa shape index (κ2) is 8.05. The van der Waals surface area contributed by atoms with E-state index in [1.54, 1.807) is 47.2 Å². The first-order chi connectivity index (χ1) is 13.0. The van der Waals surface area contributed by atoms with Crippen LogP contribution in [-0.2, 0) is 11.2 Å². The van der Waals surface area contributed by atoms with Crippen molar-refractivity contribution in [2.45, 2.75) is 6.42 Å². The highest BCUT2D eigenvalue weighted by Gasteiger charge is 2.15. The molecule has 27 heavy (non-hydrogen) atoms.